The quantitative estimate of drug-likeness (QED) is 0.825. The summed E-state index contributed by atoms with van der Waals surface area (Å²) in [7, 11) is 0. The molecule has 2 aromatic rings. The third-order valence-corrected chi connectivity index (χ3v) is 3.51. The van der Waals surface area contributed by atoms with Crippen LogP contribution >= 0.6 is 0 Å². The lowest BCUT2D eigenvalue weighted by molar-refractivity contribution is 0.470. The van der Waals surface area contributed by atoms with Crippen molar-refractivity contribution in [2.45, 2.75) is 46.3 Å². The van der Waals surface area contributed by atoms with Crippen LogP contribution in [0.15, 0.2) is 34.1 Å². The first-order valence-corrected chi connectivity index (χ1v) is 6.91. The molecule has 2 rings (SSSR count). The summed E-state index contributed by atoms with van der Waals surface area (Å²) in [4.78, 5) is 23.9. The molecule has 0 bridgehead atoms. The summed E-state index contributed by atoms with van der Waals surface area (Å²) in [5.41, 5.74) is 0.134. The van der Waals surface area contributed by atoms with Gasteiger partial charge in [-0.3, -0.25) is 14.0 Å². The van der Waals surface area contributed by atoms with Gasteiger partial charge in [0.05, 0.1) is 12.2 Å². The Hall–Kier alpha value is -2.11. The zero-order chi connectivity index (χ0) is 14.7. The molecule has 0 radical (unpaired) electrons. The van der Waals surface area contributed by atoms with Crippen LogP contribution in [0.2, 0.25) is 0 Å². The van der Waals surface area contributed by atoms with E-state index in [0.717, 1.165) is 12.1 Å². The minimum absolute atomic E-state index is 0.210. The zero-order valence-corrected chi connectivity index (χ0v) is 12.1. The summed E-state index contributed by atoms with van der Waals surface area (Å²) in [6.07, 6.45) is 4.39. The Morgan fingerprint density at radius 1 is 1.20 bits per heavy atom. The van der Waals surface area contributed by atoms with Crippen LogP contribution in [0.4, 0.5) is 0 Å². The molecule has 0 amide bonds. The highest BCUT2D eigenvalue weighted by molar-refractivity contribution is 5.01. The van der Waals surface area contributed by atoms with E-state index >= 15 is 0 Å². The summed E-state index contributed by atoms with van der Waals surface area (Å²) in [5, 5.41) is 4.42. The van der Waals surface area contributed by atoms with Gasteiger partial charge in [0.1, 0.15) is 0 Å². The first kappa shape index (κ1) is 14.3. The van der Waals surface area contributed by atoms with Crippen molar-refractivity contribution in [3.05, 3.63) is 51.1 Å². The summed E-state index contributed by atoms with van der Waals surface area (Å²) >= 11 is 0. The zero-order valence-electron chi connectivity index (χ0n) is 12.1. The molecule has 6 heteroatoms. The van der Waals surface area contributed by atoms with Gasteiger partial charge in [0, 0.05) is 31.0 Å². The highest BCUT2D eigenvalue weighted by Crippen LogP contribution is 2.09. The van der Waals surface area contributed by atoms with Crippen molar-refractivity contribution in [2.24, 2.45) is 0 Å². The maximum atomic E-state index is 12.1. The van der Waals surface area contributed by atoms with Crippen molar-refractivity contribution >= 4 is 0 Å². The molecule has 1 unspecified atom stereocenters. The molecule has 20 heavy (non-hydrogen) atoms. The highest BCUT2D eigenvalue weighted by Gasteiger charge is 2.09. The van der Waals surface area contributed by atoms with Gasteiger partial charge in [-0.25, -0.2) is 4.79 Å². The first-order valence-electron chi connectivity index (χ1n) is 6.91. The summed E-state index contributed by atoms with van der Waals surface area (Å²) in [5.74, 6) is 0. The van der Waals surface area contributed by atoms with E-state index in [1.165, 1.54) is 21.4 Å². The van der Waals surface area contributed by atoms with Gasteiger partial charge in [0.15, 0.2) is 0 Å². The average molecular weight is 276 g/mol. The van der Waals surface area contributed by atoms with Crippen LogP contribution in [0.5, 0.6) is 0 Å². The Morgan fingerprint density at radius 3 is 2.60 bits per heavy atom. The van der Waals surface area contributed by atoms with E-state index in [0.29, 0.717) is 12.6 Å². The monoisotopic (exact) mass is 276 g/mol. The number of aromatic nitrogens is 4. The second-order valence-electron chi connectivity index (χ2n) is 4.85. The molecule has 0 aliphatic rings. The summed E-state index contributed by atoms with van der Waals surface area (Å²) in [6.45, 7) is 6.79. The van der Waals surface area contributed by atoms with Gasteiger partial charge in [-0.05, 0) is 26.3 Å². The Labute approximate surface area is 117 Å². The molecular weight excluding hydrogens is 256 g/mol. The highest BCUT2D eigenvalue weighted by atomic mass is 16.2. The standard InChI is InChI=1S/C14H20N4O2/c1-4-11(3)18-9-6-12(15-18)10-17-13(19)7-8-16(5-2)14(17)20/h6-9,11H,4-5,10H2,1-3H3. The average Bonchev–Trinajstić information content (AvgIpc) is 2.91. The topological polar surface area (TPSA) is 61.8 Å². The van der Waals surface area contributed by atoms with Crippen LogP contribution in [0.3, 0.4) is 0 Å². The molecule has 0 fully saturated rings. The molecule has 108 valence electrons. The molecule has 0 aliphatic heterocycles. The molecule has 0 spiro atoms. The van der Waals surface area contributed by atoms with Gasteiger partial charge >= 0.3 is 5.69 Å². The van der Waals surface area contributed by atoms with E-state index in [2.05, 4.69) is 18.9 Å². The SMILES string of the molecule is CCC(C)n1ccc(Cn2c(=O)ccn(CC)c2=O)n1. The number of aryl methyl sites for hydroxylation is 1. The molecule has 1 atom stereocenters. The van der Waals surface area contributed by atoms with Gasteiger partial charge in [-0.1, -0.05) is 6.92 Å². The van der Waals surface area contributed by atoms with E-state index in [1.807, 2.05) is 23.9 Å². The van der Waals surface area contributed by atoms with Crippen LogP contribution in [0, 0.1) is 0 Å². The Morgan fingerprint density at radius 2 is 1.95 bits per heavy atom. The minimum Gasteiger partial charge on any atom is -0.301 e. The van der Waals surface area contributed by atoms with Crippen molar-refractivity contribution in [1.82, 2.24) is 18.9 Å². The van der Waals surface area contributed by atoms with Crippen molar-refractivity contribution in [2.75, 3.05) is 0 Å². The predicted octanol–water partition coefficient (Wildman–Crippen LogP) is 1.25. The van der Waals surface area contributed by atoms with Crippen LogP contribution in [0.25, 0.3) is 0 Å². The third kappa shape index (κ3) is 2.74. The van der Waals surface area contributed by atoms with Gasteiger partial charge in [-0.15, -0.1) is 0 Å². The number of hydrogen-bond acceptors (Lipinski definition) is 3. The van der Waals surface area contributed by atoms with Crippen molar-refractivity contribution < 1.29 is 0 Å². The van der Waals surface area contributed by atoms with Crippen LogP contribution < -0.4 is 11.2 Å². The summed E-state index contributed by atoms with van der Waals surface area (Å²) < 4.78 is 4.58. The Bertz CT molecular complexity index is 696. The fraction of sp³-hybridized carbons (Fsp3) is 0.500. The lowest BCUT2D eigenvalue weighted by Crippen LogP contribution is -2.39. The van der Waals surface area contributed by atoms with E-state index in [-0.39, 0.29) is 17.8 Å². The molecule has 0 aromatic carbocycles. The number of hydrogen-bond donors (Lipinski definition) is 0. The van der Waals surface area contributed by atoms with E-state index < -0.39 is 0 Å². The lowest BCUT2D eigenvalue weighted by Gasteiger charge is -2.09. The van der Waals surface area contributed by atoms with E-state index in [4.69, 9.17) is 0 Å². The van der Waals surface area contributed by atoms with Crippen LogP contribution in [0.1, 0.15) is 38.9 Å². The lowest BCUT2D eigenvalue weighted by atomic mass is 10.3. The maximum Gasteiger partial charge on any atom is 0.331 e. The predicted molar refractivity (Wildman–Crippen MR) is 77.0 cm³/mol. The molecule has 0 N–H and O–H groups in total. The van der Waals surface area contributed by atoms with E-state index in [9.17, 15) is 9.59 Å². The van der Waals surface area contributed by atoms with Crippen molar-refractivity contribution in [1.29, 1.82) is 0 Å². The smallest absolute Gasteiger partial charge is 0.301 e. The fourth-order valence-corrected chi connectivity index (χ4v) is 2.00. The first-order chi connectivity index (χ1) is 9.56. The molecule has 2 heterocycles. The second-order valence-corrected chi connectivity index (χ2v) is 4.85. The van der Waals surface area contributed by atoms with E-state index in [1.54, 1.807) is 0 Å². The molecular formula is C14H20N4O2. The molecule has 0 saturated heterocycles. The normalized spacial score (nSPS) is 12.6. The second kappa shape index (κ2) is 5.90. The maximum absolute atomic E-state index is 12.1. The van der Waals surface area contributed by atoms with Crippen molar-refractivity contribution in [3.8, 4) is 0 Å². The number of rotatable bonds is 5. The third-order valence-electron chi connectivity index (χ3n) is 3.51. The van der Waals surface area contributed by atoms with Gasteiger partial charge in [0.2, 0.25) is 0 Å². The minimum atomic E-state index is -0.294. The van der Waals surface area contributed by atoms with Gasteiger partial charge in [-0.2, -0.15) is 5.10 Å². The largest absolute Gasteiger partial charge is 0.331 e. The van der Waals surface area contributed by atoms with Crippen LogP contribution in [-0.2, 0) is 13.1 Å². The summed E-state index contributed by atoms with van der Waals surface area (Å²) in [6, 6.07) is 3.57. The molecule has 0 saturated carbocycles. The molecule has 0 aliphatic carbocycles. The van der Waals surface area contributed by atoms with Gasteiger partial charge < -0.3 is 4.57 Å². The number of nitrogens with zero attached hydrogens (tertiary/aromatic N) is 4. The molecule has 2 aromatic heterocycles. The fourth-order valence-electron chi connectivity index (χ4n) is 2.00. The van der Waals surface area contributed by atoms with Crippen LogP contribution in [-0.4, -0.2) is 18.9 Å². The molecule has 6 nitrogen and oxygen atoms in total. The van der Waals surface area contributed by atoms with Crippen molar-refractivity contribution in [3.63, 3.8) is 0 Å². The Kier molecular flexibility index (Phi) is 4.22. The Balaban J connectivity index is 2.33. The van der Waals surface area contributed by atoms with Gasteiger partial charge in [0.25, 0.3) is 5.56 Å².